The maximum absolute atomic E-state index is 14.0. The van der Waals surface area contributed by atoms with Gasteiger partial charge in [0.15, 0.2) is 0 Å². The molecule has 0 aromatic heterocycles. The van der Waals surface area contributed by atoms with Crippen LogP contribution in [0.3, 0.4) is 0 Å². The van der Waals surface area contributed by atoms with Crippen LogP contribution in [0.4, 0.5) is 0 Å². The monoisotopic (exact) mass is 974 g/mol. The second kappa shape index (κ2) is 21.4. The summed E-state index contributed by atoms with van der Waals surface area (Å²) < 4.78 is 25.3. The molecule has 1 aliphatic rings. The Bertz CT molecular complexity index is 3530. The Hall–Kier alpha value is -8.96. The number of hydrogen-bond acceptors (Lipinski definition) is 10. The number of ether oxygens (including phenoxy) is 4. The lowest BCUT2D eigenvalue weighted by atomic mass is 9.90. The number of carbonyl (C=O) groups excluding carboxylic acids is 2. The number of hydrogen-bond donors (Lipinski definition) is 2. The van der Waals surface area contributed by atoms with Crippen LogP contribution in [0.2, 0.25) is 0 Å². The molecule has 0 aliphatic carbocycles. The minimum atomic E-state index is -0.696. The Morgan fingerprint density at radius 1 is 0.419 bits per heavy atom. The normalized spacial score (nSPS) is 15.2. The molecule has 10 heteroatoms. The number of phenolic OH excluding ortho intramolecular Hbond substituents is 2. The Labute approximate surface area is 427 Å². The highest BCUT2D eigenvalue weighted by Gasteiger charge is 2.27. The zero-order valence-electron chi connectivity index (χ0n) is 40.3. The number of rotatable bonds is 8. The number of phenols is 2. The van der Waals surface area contributed by atoms with E-state index < -0.39 is 24.0 Å². The molecule has 2 atom stereocenters. The molecule has 364 valence electrons. The fraction of sp³-hybridized carbons (Fsp3) is 0.125. The van der Waals surface area contributed by atoms with Crippen molar-refractivity contribution in [3.63, 3.8) is 0 Å². The summed E-state index contributed by atoms with van der Waals surface area (Å²) >= 11 is 0. The number of aromatic hydroxyl groups is 2. The zero-order chi connectivity index (χ0) is 50.4. The van der Waals surface area contributed by atoms with Crippen LogP contribution in [0.1, 0.15) is 35.1 Å². The summed E-state index contributed by atoms with van der Waals surface area (Å²) in [5.41, 5.74) is 4.63. The maximum atomic E-state index is 14.0. The molecule has 0 saturated heterocycles. The average molecular weight is 975 g/mol. The summed E-state index contributed by atoms with van der Waals surface area (Å²) in [4.78, 5) is 38.4. The second-order valence-corrected chi connectivity index (χ2v) is 18.3. The van der Waals surface area contributed by atoms with Gasteiger partial charge in [-0.05, 0) is 78.5 Å². The molecule has 0 fully saturated rings. The average Bonchev–Trinajstić information content (AvgIpc) is 3.43. The smallest absolute Gasteiger partial charge is 0.311 e. The number of benzene rings is 10. The number of fused-ring (bicyclic) bond motifs is 16. The highest BCUT2D eigenvalue weighted by molar-refractivity contribution is 6.14. The molecule has 4 bridgehead atoms. The first kappa shape index (κ1) is 47.4. The predicted octanol–water partition coefficient (Wildman–Crippen LogP) is 13.4. The molecule has 0 saturated carbocycles. The van der Waals surface area contributed by atoms with Gasteiger partial charge in [0.05, 0.1) is 51.4 Å². The second-order valence-electron chi connectivity index (χ2n) is 18.3. The molecule has 11 rings (SSSR count). The van der Waals surface area contributed by atoms with Gasteiger partial charge in [0.25, 0.3) is 0 Å². The van der Waals surface area contributed by atoms with E-state index in [-0.39, 0.29) is 49.1 Å². The van der Waals surface area contributed by atoms with Crippen molar-refractivity contribution in [3.8, 4) is 45.3 Å². The van der Waals surface area contributed by atoms with Crippen molar-refractivity contribution in [2.75, 3.05) is 13.2 Å². The zero-order valence-corrected chi connectivity index (χ0v) is 40.3. The molecule has 10 nitrogen and oxygen atoms in total. The molecule has 1 heterocycles. The Balaban J connectivity index is 1.12. The quantitative estimate of drug-likeness (QED) is 0.113. The standard InChI is InChI=1S/C64H50N2O8/c67-57-31-32-58(68)74-56-30-28-44-20-8-12-24-50(44)60(56)62-52-26-14-10-22-46(52)34-48(64(62)70)36-66-54(40-72-38-42-17-5-2-6-18-42)53(39-71-37-41-15-3-1-4-16-41)65-35-47-33-45-21-9-13-25-51(45)61(63(47)69)59-49-23-11-7-19-43(49)27-29-55(59)73-57/h1-30,33-36,53-54,69-70H,31-32,37-40H2/t53-,54-/m1/s1. The lowest BCUT2D eigenvalue weighted by Crippen LogP contribution is -2.32. The molecule has 1 aliphatic heterocycles. The van der Waals surface area contributed by atoms with Crippen molar-refractivity contribution in [2.45, 2.75) is 38.1 Å². The van der Waals surface area contributed by atoms with Gasteiger partial charge in [-0.25, -0.2) is 0 Å². The van der Waals surface area contributed by atoms with Crippen molar-refractivity contribution in [2.24, 2.45) is 9.98 Å². The molecule has 10 aromatic rings. The lowest BCUT2D eigenvalue weighted by molar-refractivity contribution is -0.140. The number of carbonyl (C=O) groups is 2. The minimum absolute atomic E-state index is 0.0871. The largest absolute Gasteiger partial charge is 0.507 e. The van der Waals surface area contributed by atoms with Crippen molar-refractivity contribution in [1.82, 2.24) is 0 Å². The summed E-state index contributed by atoms with van der Waals surface area (Å²) in [6.45, 7) is 0.808. The summed E-state index contributed by atoms with van der Waals surface area (Å²) in [6, 6.07) is 60.0. The summed E-state index contributed by atoms with van der Waals surface area (Å²) in [5, 5.41) is 31.5. The first-order chi connectivity index (χ1) is 36.4. The molecule has 10 aromatic carbocycles. The molecule has 74 heavy (non-hydrogen) atoms. The summed E-state index contributed by atoms with van der Waals surface area (Å²) in [7, 11) is 0. The fourth-order valence-electron chi connectivity index (χ4n) is 9.76. The molecule has 2 N–H and O–H groups in total. The van der Waals surface area contributed by atoms with E-state index in [2.05, 4.69) is 0 Å². The summed E-state index contributed by atoms with van der Waals surface area (Å²) in [5.74, 6) is -1.11. The van der Waals surface area contributed by atoms with Gasteiger partial charge in [0.1, 0.15) is 23.0 Å². The van der Waals surface area contributed by atoms with Gasteiger partial charge in [0, 0.05) is 45.8 Å². The van der Waals surface area contributed by atoms with Crippen molar-refractivity contribution >= 4 is 67.5 Å². The van der Waals surface area contributed by atoms with Crippen LogP contribution in [-0.4, -0.2) is 59.9 Å². The van der Waals surface area contributed by atoms with E-state index in [1.54, 1.807) is 24.6 Å². The Kier molecular flexibility index (Phi) is 13.7. The van der Waals surface area contributed by atoms with Gasteiger partial charge in [-0.1, -0.05) is 170 Å². The predicted molar refractivity (Wildman–Crippen MR) is 293 cm³/mol. The van der Waals surface area contributed by atoms with Crippen LogP contribution < -0.4 is 9.47 Å². The van der Waals surface area contributed by atoms with E-state index in [9.17, 15) is 19.8 Å². The van der Waals surface area contributed by atoms with Crippen LogP contribution in [0.25, 0.3) is 65.3 Å². The van der Waals surface area contributed by atoms with E-state index in [1.165, 1.54) is 0 Å². The lowest BCUT2D eigenvalue weighted by Gasteiger charge is -2.22. The van der Waals surface area contributed by atoms with Gasteiger partial charge in [-0.15, -0.1) is 0 Å². The fourth-order valence-corrected chi connectivity index (χ4v) is 9.76. The third kappa shape index (κ3) is 9.97. The third-order valence-corrected chi connectivity index (χ3v) is 13.4. The molecule has 0 spiro atoms. The Morgan fingerprint density at radius 2 is 0.770 bits per heavy atom. The van der Waals surface area contributed by atoms with E-state index in [0.717, 1.165) is 43.4 Å². The highest BCUT2D eigenvalue weighted by atomic mass is 16.5. The van der Waals surface area contributed by atoms with Crippen molar-refractivity contribution < 1.29 is 38.7 Å². The van der Waals surface area contributed by atoms with Gasteiger partial charge < -0.3 is 29.2 Å². The van der Waals surface area contributed by atoms with Gasteiger partial charge in [0.2, 0.25) is 0 Å². The number of nitrogens with zero attached hydrogens (tertiary/aromatic N) is 2. The third-order valence-electron chi connectivity index (χ3n) is 13.4. The van der Waals surface area contributed by atoms with Crippen LogP contribution >= 0.6 is 0 Å². The molecular formula is C64H50N2O8. The number of aliphatic imine (C=N–C) groups is 2. The van der Waals surface area contributed by atoms with E-state index in [1.807, 2.05) is 182 Å². The first-order valence-corrected chi connectivity index (χ1v) is 24.6. The first-order valence-electron chi connectivity index (χ1n) is 24.6. The molecule has 0 amide bonds. The topological polar surface area (TPSA) is 136 Å². The van der Waals surface area contributed by atoms with E-state index >= 15 is 0 Å². The highest BCUT2D eigenvalue weighted by Crippen LogP contribution is 2.48. The SMILES string of the molecule is O=C1CCC(=O)Oc2ccc3ccccc3c2-c2c(O)c(cc3ccccc23)C=N[C@H](COCc2ccccc2)[C@@H](COCc2ccccc2)N=Cc2cc3ccccc3c(c2O)-c2c(ccc3ccccc23)O1. The van der Waals surface area contributed by atoms with Gasteiger partial charge in [-0.2, -0.15) is 0 Å². The van der Waals surface area contributed by atoms with Crippen LogP contribution in [0, 0.1) is 0 Å². The van der Waals surface area contributed by atoms with Crippen LogP contribution in [-0.2, 0) is 32.3 Å². The van der Waals surface area contributed by atoms with Gasteiger partial charge in [-0.3, -0.25) is 19.6 Å². The van der Waals surface area contributed by atoms with E-state index in [4.69, 9.17) is 28.9 Å². The van der Waals surface area contributed by atoms with Crippen LogP contribution in [0.15, 0.2) is 204 Å². The molecule has 0 radical (unpaired) electrons. The Morgan fingerprint density at radius 3 is 1.18 bits per heavy atom. The molecule has 0 unspecified atom stereocenters. The van der Waals surface area contributed by atoms with Gasteiger partial charge >= 0.3 is 11.9 Å². The summed E-state index contributed by atoms with van der Waals surface area (Å²) in [6.07, 6.45) is 2.67. The van der Waals surface area contributed by atoms with Crippen molar-refractivity contribution in [3.05, 3.63) is 216 Å². The van der Waals surface area contributed by atoms with E-state index in [0.29, 0.717) is 57.4 Å². The maximum Gasteiger partial charge on any atom is 0.311 e. The minimum Gasteiger partial charge on any atom is -0.507 e. The number of esters is 2. The van der Waals surface area contributed by atoms with Crippen LogP contribution in [0.5, 0.6) is 23.0 Å². The van der Waals surface area contributed by atoms with Crippen molar-refractivity contribution in [1.29, 1.82) is 0 Å². The molecular weight excluding hydrogens is 925 g/mol.